The van der Waals surface area contributed by atoms with Crippen LogP contribution in [0.25, 0.3) is 11.1 Å². The zero-order chi connectivity index (χ0) is 25.0. The fraction of sp³-hybridized carbons (Fsp3) is 0.259. The van der Waals surface area contributed by atoms with Crippen molar-refractivity contribution in [1.82, 2.24) is 4.90 Å². The Morgan fingerprint density at radius 2 is 1.74 bits per heavy atom. The minimum absolute atomic E-state index is 0.289. The van der Waals surface area contributed by atoms with E-state index in [9.17, 15) is 22.8 Å². The predicted molar refractivity (Wildman–Crippen MR) is 127 cm³/mol. The summed E-state index contributed by atoms with van der Waals surface area (Å²) in [6.07, 6.45) is -3.61. The first-order valence-electron chi connectivity index (χ1n) is 11.3. The Kier molecular flexibility index (Phi) is 7.21. The number of alkyl halides is 3. The van der Waals surface area contributed by atoms with Gasteiger partial charge in [-0.1, -0.05) is 36.4 Å². The standard InChI is InChI=1S/C27H25F3N2O3/c1-18(33)35-15-14-32-13-12-20-16-23(11-8-21(20)17-32)31-26(34)25-5-3-2-4-24(25)19-6-9-22(10-7-19)27(28,29)30/h2-11,16H,12-15,17H2,1H3,(H,31,34). The molecule has 4 rings (SSSR count). The fourth-order valence-electron chi connectivity index (χ4n) is 4.17. The first-order chi connectivity index (χ1) is 16.7. The van der Waals surface area contributed by atoms with Gasteiger partial charge in [-0.25, -0.2) is 0 Å². The monoisotopic (exact) mass is 482 g/mol. The summed E-state index contributed by atoms with van der Waals surface area (Å²) in [5.41, 5.74) is 3.68. The van der Waals surface area contributed by atoms with Gasteiger partial charge in [0.05, 0.1) is 5.56 Å². The molecule has 0 saturated carbocycles. The van der Waals surface area contributed by atoms with Crippen molar-refractivity contribution in [3.05, 3.63) is 89.0 Å². The van der Waals surface area contributed by atoms with Crippen LogP contribution in [0.1, 0.15) is 34.0 Å². The highest BCUT2D eigenvalue weighted by atomic mass is 19.4. The van der Waals surface area contributed by atoms with Crippen molar-refractivity contribution in [2.24, 2.45) is 0 Å². The van der Waals surface area contributed by atoms with Crippen molar-refractivity contribution in [2.45, 2.75) is 26.1 Å². The van der Waals surface area contributed by atoms with Gasteiger partial charge in [0, 0.05) is 37.8 Å². The molecule has 8 heteroatoms. The van der Waals surface area contributed by atoms with Crippen molar-refractivity contribution in [2.75, 3.05) is 25.0 Å². The molecule has 0 radical (unpaired) electrons. The molecule has 1 aliphatic rings. The summed E-state index contributed by atoms with van der Waals surface area (Å²) in [5.74, 6) is -0.623. The first kappa shape index (κ1) is 24.5. The number of carbonyl (C=O) groups excluding carboxylic acids is 2. The van der Waals surface area contributed by atoms with E-state index >= 15 is 0 Å². The van der Waals surface area contributed by atoms with Crippen LogP contribution in [-0.2, 0) is 28.7 Å². The lowest BCUT2D eigenvalue weighted by atomic mass is 9.97. The van der Waals surface area contributed by atoms with Gasteiger partial charge in [-0.15, -0.1) is 0 Å². The molecule has 0 fully saturated rings. The first-order valence-corrected chi connectivity index (χ1v) is 11.3. The van der Waals surface area contributed by atoms with Gasteiger partial charge in [-0.05, 0) is 59.0 Å². The average Bonchev–Trinajstić information content (AvgIpc) is 2.83. The number of ether oxygens (including phenoxy) is 1. The number of hydrogen-bond donors (Lipinski definition) is 1. The van der Waals surface area contributed by atoms with Crippen LogP contribution in [0.5, 0.6) is 0 Å². The maximum Gasteiger partial charge on any atom is 0.416 e. The van der Waals surface area contributed by atoms with Crippen molar-refractivity contribution in [1.29, 1.82) is 0 Å². The molecule has 5 nitrogen and oxygen atoms in total. The summed E-state index contributed by atoms with van der Waals surface area (Å²) >= 11 is 0. The second-order valence-corrected chi connectivity index (χ2v) is 8.42. The van der Waals surface area contributed by atoms with Crippen molar-refractivity contribution in [3.63, 3.8) is 0 Å². The highest BCUT2D eigenvalue weighted by Gasteiger charge is 2.30. The number of carbonyl (C=O) groups is 2. The molecular formula is C27H25F3N2O3. The van der Waals surface area contributed by atoms with E-state index in [1.807, 2.05) is 18.2 Å². The van der Waals surface area contributed by atoms with Crippen LogP contribution < -0.4 is 5.32 Å². The number of amides is 1. The maximum atomic E-state index is 13.1. The van der Waals surface area contributed by atoms with E-state index in [-0.39, 0.29) is 11.9 Å². The van der Waals surface area contributed by atoms with Crippen molar-refractivity contribution >= 4 is 17.6 Å². The number of hydrogen-bond acceptors (Lipinski definition) is 4. The minimum Gasteiger partial charge on any atom is -0.465 e. The lowest BCUT2D eigenvalue weighted by Gasteiger charge is -2.28. The van der Waals surface area contributed by atoms with E-state index in [2.05, 4.69) is 10.2 Å². The molecule has 182 valence electrons. The molecular weight excluding hydrogens is 457 g/mol. The van der Waals surface area contributed by atoms with Gasteiger partial charge in [-0.2, -0.15) is 13.2 Å². The number of halogens is 3. The Labute approximate surface area is 201 Å². The summed E-state index contributed by atoms with van der Waals surface area (Å²) in [4.78, 5) is 26.2. The Morgan fingerprint density at radius 1 is 1.00 bits per heavy atom. The average molecular weight is 483 g/mol. The molecule has 0 saturated heterocycles. The Bertz CT molecular complexity index is 1220. The highest BCUT2D eigenvalue weighted by Crippen LogP contribution is 2.32. The Hall–Kier alpha value is -3.65. The van der Waals surface area contributed by atoms with Crippen LogP contribution in [0.4, 0.5) is 18.9 Å². The number of anilines is 1. The summed E-state index contributed by atoms with van der Waals surface area (Å²) in [6.45, 7) is 3.97. The van der Waals surface area contributed by atoms with Gasteiger partial charge >= 0.3 is 12.1 Å². The van der Waals surface area contributed by atoms with E-state index in [0.29, 0.717) is 35.5 Å². The maximum absolute atomic E-state index is 13.1. The number of benzene rings is 3. The quantitative estimate of drug-likeness (QED) is 0.469. The number of rotatable bonds is 6. The van der Waals surface area contributed by atoms with Gasteiger partial charge in [0.1, 0.15) is 6.61 Å². The zero-order valence-corrected chi connectivity index (χ0v) is 19.2. The Balaban J connectivity index is 1.46. The van der Waals surface area contributed by atoms with E-state index < -0.39 is 11.7 Å². The molecule has 1 heterocycles. The SMILES string of the molecule is CC(=O)OCCN1CCc2cc(NC(=O)c3ccccc3-c3ccc(C(F)(F)F)cc3)ccc2C1. The molecule has 35 heavy (non-hydrogen) atoms. The highest BCUT2D eigenvalue weighted by molar-refractivity contribution is 6.08. The van der Waals surface area contributed by atoms with Crippen LogP contribution >= 0.6 is 0 Å². The van der Waals surface area contributed by atoms with Crippen LogP contribution in [0.2, 0.25) is 0 Å². The molecule has 3 aromatic carbocycles. The number of nitrogens with one attached hydrogen (secondary N) is 1. The molecule has 1 N–H and O–H groups in total. The summed E-state index contributed by atoms with van der Waals surface area (Å²) in [5, 5.41) is 2.92. The lowest BCUT2D eigenvalue weighted by Crippen LogP contribution is -2.33. The van der Waals surface area contributed by atoms with Crippen LogP contribution in [0, 0.1) is 0 Å². The molecule has 0 atom stereocenters. The van der Waals surface area contributed by atoms with E-state index in [1.165, 1.54) is 19.1 Å². The third-order valence-electron chi connectivity index (χ3n) is 5.96. The lowest BCUT2D eigenvalue weighted by molar-refractivity contribution is -0.141. The summed E-state index contributed by atoms with van der Waals surface area (Å²) in [6, 6.07) is 17.4. The zero-order valence-electron chi connectivity index (χ0n) is 19.2. The summed E-state index contributed by atoms with van der Waals surface area (Å²) < 4.78 is 43.8. The van der Waals surface area contributed by atoms with Gasteiger partial charge in [0.25, 0.3) is 5.91 Å². The normalized spacial score (nSPS) is 13.7. The van der Waals surface area contributed by atoms with Gasteiger partial charge < -0.3 is 10.1 Å². The van der Waals surface area contributed by atoms with Gasteiger partial charge in [0.2, 0.25) is 0 Å². The fourth-order valence-corrected chi connectivity index (χ4v) is 4.17. The van der Waals surface area contributed by atoms with Crippen molar-refractivity contribution in [3.8, 4) is 11.1 Å². The molecule has 1 aliphatic heterocycles. The minimum atomic E-state index is -4.42. The Morgan fingerprint density at radius 3 is 2.46 bits per heavy atom. The summed E-state index contributed by atoms with van der Waals surface area (Å²) in [7, 11) is 0. The van der Waals surface area contributed by atoms with Gasteiger partial charge in [0.15, 0.2) is 0 Å². The van der Waals surface area contributed by atoms with Crippen LogP contribution in [0.15, 0.2) is 66.7 Å². The van der Waals surface area contributed by atoms with Gasteiger partial charge in [-0.3, -0.25) is 14.5 Å². The molecule has 0 aromatic heterocycles. The molecule has 3 aromatic rings. The molecule has 0 aliphatic carbocycles. The smallest absolute Gasteiger partial charge is 0.416 e. The second-order valence-electron chi connectivity index (χ2n) is 8.42. The van der Waals surface area contributed by atoms with Crippen LogP contribution in [0.3, 0.4) is 0 Å². The van der Waals surface area contributed by atoms with Crippen LogP contribution in [-0.4, -0.2) is 36.5 Å². The largest absolute Gasteiger partial charge is 0.465 e. The number of fused-ring (bicyclic) bond motifs is 1. The van der Waals surface area contributed by atoms with Crippen molar-refractivity contribution < 1.29 is 27.5 Å². The second kappa shape index (κ2) is 10.3. The topological polar surface area (TPSA) is 58.6 Å². The molecule has 0 unspecified atom stereocenters. The van der Waals surface area contributed by atoms with E-state index in [0.717, 1.165) is 42.8 Å². The number of esters is 1. The van der Waals surface area contributed by atoms with E-state index in [1.54, 1.807) is 24.3 Å². The third kappa shape index (κ3) is 6.08. The molecule has 1 amide bonds. The van der Waals surface area contributed by atoms with E-state index in [4.69, 9.17) is 4.74 Å². The molecule has 0 spiro atoms. The third-order valence-corrected chi connectivity index (χ3v) is 5.96. The number of nitrogens with zero attached hydrogens (tertiary/aromatic N) is 1. The predicted octanol–water partition coefficient (Wildman–Crippen LogP) is 5.55. The molecule has 0 bridgehead atoms.